The topological polar surface area (TPSA) is 35.6 Å². The monoisotopic (exact) mass is 291 g/mol. The number of aryl methyl sites for hydroxylation is 2. The third kappa shape index (κ3) is 2.18. The highest BCUT2D eigenvalue weighted by Gasteiger charge is 2.30. The van der Waals surface area contributed by atoms with Gasteiger partial charge in [0.25, 0.3) is 5.91 Å². The lowest BCUT2D eigenvalue weighted by Gasteiger charge is -2.43. The minimum atomic E-state index is 0.260. The number of hydrogen-bond donors (Lipinski definition) is 1. The second-order valence-corrected chi connectivity index (χ2v) is 7.19. The van der Waals surface area contributed by atoms with Gasteiger partial charge in [0, 0.05) is 50.2 Å². The number of carbonyl (C=O) groups is 1. The van der Waals surface area contributed by atoms with E-state index in [2.05, 4.69) is 16.3 Å². The molecule has 2 saturated heterocycles. The van der Waals surface area contributed by atoms with Crippen molar-refractivity contribution >= 4 is 17.2 Å². The Morgan fingerprint density at radius 1 is 1.20 bits per heavy atom. The normalized spacial score (nSPS) is 23.7. The molecule has 0 bridgehead atoms. The van der Waals surface area contributed by atoms with Crippen LogP contribution in [0.3, 0.4) is 0 Å². The summed E-state index contributed by atoms with van der Waals surface area (Å²) < 4.78 is 0. The van der Waals surface area contributed by atoms with Crippen LogP contribution < -0.4 is 5.32 Å². The first-order valence-corrected chi connectivity index (χ1v) is 8.48. The number of fused-ring (bicyclic) bond motifs is 1. The molecule has 0 spiro atoms. The largest absolute Gasteiger partial charge is 0.335 e. The van der Waals surface area contributed by atoms with E-state index in [1.807, 2.05) is 4.90 Å². The first kappa shape index (κ1) is 12.8. The van der Waals surface area contributed by atoms with Crippen molar-refractivity contribution in [2.45, 2.75) is 25.3 Å². The van der Waals surface area contributed by atoms with Crippen LogP contribution in [0.4, 0.5) is 0 Å². The fourth-order valence-electron chi connectivity index (χ4n) is 3.41. The Bertz CT molecular complexity index is 494. The second kappa shape index (κ2) is 5.13. The predicted octanol–water partition coefficient (Wildman–Crippen LogP) is 0.966. The molecule has 1 amide bonds. The van der Waals surface area contributed by atoms with Gasteiger partial charge in [0.05, 0.1) is 4.88 Å². The Kier molecular flexibility index (Phi) is 3.28. The first-order chi connectivity index (χ1) is 9.81. The number of piperazine rings is 1. The second-order valence-electron chi connectivity index (χ2n) is 6.05. The van der Waals surface area contributed by atoms with Crippen molar-refractivity contribution < 1.29 is 4.79 Å². The highest BCUT2D eigenvalue weighted by molar-refractivity contribution is 7.14. The maximum Gasteiger partial charge on any atom is 0.264 e. The van der Waals surface area contributed by atoms with E-state index in [9.17, 15) is 4.79 Å². The smallest absolute Gasteiger partial charge is 0.264 e. The van der Waals surface area contributed by atoms with E-state index < -0.39 is 0 Å². The molecule has 1 N–H and O–H groups in total. The lowest BCUT2D eigenvalue weighted by Crippen LogP contribution is -2.62. The van der Waals surface area contributed by atoms with Crippen LogP contribution in [-0.4, -0.2) is 61.0 Å². The van der Waals surface area contributed by atoms with Crippen LogP contribution in [0.1, 0.15) is 26.5 Å². The van der Waals surface area contributed by atoms with E-state index >= 15 is 0 Å². The SMILES string of the molecule is O=C(c1cc2c(s1)CCC2)N1CCN(C2CNC2)CC1. The molecule has 1 aromatic heterocycles. The number of thiophene rings is 1. The molecule has 0 atom stereocenters. The molecule has 2 fully saturated rings. The molecule has 20 heavy (non-hydrogen) atoms. The Morgan fingerprint density at radius 3 is 2.65 bits per heavy atom. The molecule has 0 aromatic carbocycles. The minimum Gasteiger partial charge on any atom is -0.335 e. The molecule has 3 heterocycles. The van der Waals surface area contributed by atoms with Gasteiger partial charge in [-0.05, 0) is 30.9 Å². The molecule has 2 aliphatic heterocycles. The van der Waals surface area contributed by atoms with Crippen molar-refractivity contribution in [3.05, 3.63) is 21.4 Å². The zero-order valence-electron chi connectivity index (χ0n) is 11.7. The number of carbonyl (C=O) groups excluding carboxylic acids is 1. The van der Waals surface area contributed by atoms with Gasteiger partial charge in [0.2, 0.25) is 0 Å². The molecule has 1 aliphatic carbocycles. The zero-order valence-corrected chi connectivity index (χ0v) is 12.5. The molecule has 108 valence electrons. The average Bonchev–Trinajstić information content (AvgIpc) is 2.97. The van der Waals surface area contributed by atoms with Crippen LogP contribution in [0.15, 0.2) is 6.07 Å². The fraction of sp³-hybridized carbons (Fsp3) is 0.667. The summed E-state index contributed by atoms with van der Waals surface area (Å²) in [6, 6.07) is 2.86. The lowest BCUT2D eigenvalue weighted by atomic mass is 10.1. The van der Waals surface area contributed by atoms with E-state index in [4.69, 9.17) is 0 Å². The molecule has 5 heteroatoms. The van der Waals surface area contributed by atoms with Crippen LogP contribution in [0.5, 0.6) is 0 Å². The molecular weight excluding hydrogens is 270 g/mol. The third-order valence-corrected chi connectivity index (χ3v) is 6.06. The molecule has 0 unspecified atom stereocenters. The van der Waals surface area contributed by atoms with Gasteiger partial charge in [0.1, 0.15) is 0 Å². The fourth-order valence-corrected chi connectivity index (χ4v) is 4.63. The minimum absolute atomic E-state index is 0.260. The summed E-state index contributed by atoms with van der Waals surface area (Å²) in [6.45, 7) is 6.07. The van der Waals surface area contributed by atoms with Crippen LogP contribution in [-0.2, 0) is 12.8 Å². The summed E-state index contributed by atoms with van der Waals surface area (Å²) in [5.74, 6) is 0.260. The van der Waals surface area contributed by atoms with Gasteiger partial charge in [-0.3, -0.25) is 9.69 Å². The maximum atomic E-state index is 12.6. The van der Waals surface area contributed by atoms with E-state index in [-0.39, 0.29) is 5.91 Å². The summed E-state index contributed by atoms with van der Waals surface area (Å²) in [4.78, 5) is 19.6. The van der Waals surface area contributed by atoms with Crippen molar-refractivity contribution in [1.82, 2.24) is 15.1 Å². The standard InChI is InChI=1S/C15H21N3OS/c19-15(14-8-11-2-1-3-13(11)20-14)18-6-4-17(5-7-18)12-9-16-10-12/h8,12,16H,1-7,9-10H2. The number of hydrogen-bond acceptors (Lipinski definition) is 4. The Labute approximate surface area is 123 Å². The van der Waals surface area contributed by atoms with Crippen LogP contribution in [0.25, 0.3) is 0 Å². The van der Waals surface area contributed by atoms with Crippen molar-refractivity contribution in [1.29, 1.82) is 0 Å². The van der Waals surface area contributed by atoms with Crippen LogP contribution in [0.2, 0.25) is 0 Å². The van der Waals surface area contributed by atoms with Gasteiger partial charge >= 0.3 is 0 Å². The molecule has 3 aliphatic rings. The van der Waals surface area contributed by atoms with Crippen molar-refractivity contribution in [2.24, 2.45) is 0 Å². The number of rotatable bonds is 2. The van der Waals surface area contributed by atoms with E-state index in [0.717, 1.165) is 44.1 Å². The molecule has 0 radical (unpaired) electrons. The molecule has 4 nitrogen and oxygen atoms in total. The summed E-state index contributed by atoms with van der Waals surface area (Å²) in [7, 11) is 0. The van der Waals surface area contributed by atoms with Gasteiger partial charge in [-0.15, -0.1) is 11.3 Å². The Balaban J connectivity index is 1.39. The quantitative estimate of drug-likeness (QED) is 0.882. The Morgan fingerprint density at radius 2 is 2.00 bits per heavy atom. The summed E-state index contributed by atoms with van der Waals surface area (Å²) in [5.41, 5.74) is 1.43. The lowest BCUT2D eigenvalue weighted by molar-refractivity contribution is 0.0506. The molecular formula is C15H21N3OS. The van der Waals surface area contributed by atoms with Gasteiger partial charge in [-0.25, -0.2) is 0 Å². The number of amides is 1. The van der Waals surface area contributed by atoms with Crippen LogP contribution in [0, 0.1) is 0 Å². The predicted molar refractivity (Wildman–Crippen MR) is 80.5 cm³/mol. The maximum absolute atomic E-state index is 12.6. The summed E-state index contributed by atoms with van der Waals surface area (Å²) in [5, 5.41) is 3.32. The van der Waals surface area contributed by atoms with Gasteiger partial charge < -0.3 is 10.2 Å². The molecule has 1 aromatic rings. The molecule has 4 rings (SSSR count). The highest BCUT2D eigenvalue weighted by atomic mass is 32.1. The van der Waals surface area contributed by atoms with Gasteiger partial charge in [0.15, 0.2) is 0 Å². The third-order valence-electron chi connectivity index (χ3n) is 4.84. The van der Waals surface area contributed by atoms with E-state index in [1.165, 1.54) is 29.7 Å². The van der Waals surface area contributed by atoms with Gasteiger partial charge in [-0.2, -0.15) is 0 Å². The van der Waals surface area contributed by atoms with Gasteiger partial charge in [-0.1, -0.05) is 0 Å². The first-order valence-electron chi connectivity index (χ1n) is 7.67. The van der Waals surface area contributed by atoms with E-state index in [0.29, 0.717) is 6.04 Å². The number of nitrogens with one attached hydrogen (secondary N) is 1. The zero-order chi connectivity index (χ0) is 13.5. The van der Waals surface area contributed by atoms with Crippen molar-refractivity contribution in [3.8, 4) is 0 Å². The average molecular weight is 291 g/mol. The van der Waals surface area contributed by atoms with E-state index in [1.54, 1.807) is 11.3 Å². The summed E-state index contributed by atoms with van der Waals surface area (Å²) in [6.07, 6.45) is 3.61. The summed E-state index contributed by atoms with van der Waals surface area (Å²) >= 11 is 1.73. The highest BCUT2D eigenvalue weighted by Crippen LogP contribution is 2.31. The molecule has 0 saturated carbocycles. The Hall–Kier alpha value is -0.910. The van der Waals surface area contributed by atoms with Crippen molar-refractivity contribution in [2.75, 3.05) is 39.3 Å². The number of nitrogens with zero attached hydrogens (tertiary/aromatic N) is 2. The van der Waals surface area contributed by atoms with Crippen LogP contribution >= 0.6 is 11.3 Å². The van der Waals surface area contributed by atoms with Crippen molar-refractivity contribution in [3.63, 3.8) is 0 Å².